The minimum atomic E-state index is -0.165. The largest absolute Gasteiger partial charge is 0.491 e. The maximum atomic E-state index is 13.6. The number of benzene rings is 2. The third kappa shape index (κ3) is 5.86. The van der Waals surface area contributed by atoms with Crippen molar-refractivity contribution in [1.29, 1.82) is 0 Å². The number of carbonyl (C=O) groups is 2. The van der Waals surface area contributed by atoms with Crippen LogP contribution in [0.4, 0.5) is 0 Å². The summed E-state index contributed by atoms with van der Waals surface area (Å²) in [4.78, 5) is 31.8. The summed E-state index contributed by atoms with van der Waals surface area (Å²) in [5.41, 5.74) is 1.77. The van der Waals surface area contributed by atoms with Gasteiger partial charge in [-0.25, -0.2) is 0 Å². The van der Waals surface area contributed by atoms with E-state index in [0.29, 0.717) is 31.2 Å². The van der Waals surface area contributed by atoms with E-state index < -0.39 is 0 Å². The highest BCUT2D eigenvalue weighted by atomic mass is 32.1. The summed E-state index contributed by atoms with van der Waals surface area (Å²) >= 11 is 1.73. The quantitative estimate of drug-likeness (QED) is 0.413. The molecule has 0 bridgehead atoms. The molecule has 2 amide bonds. The van der Waals surface area contributed by atoms with Crippen LogP contribution in [-0.4, -0.2) is 47.9 Å². The van der Waals surface area contributed by atoms with E-state index in [4.69, 9.17) is 4.74 Å². The third-order valence-electron chi connectivity index (χ3n) is 6.18. The topological polar surface area (TPSA) is 49.9 Å². The number of thiophene rings is 1. The first kappa shape index (κ1) is 24.0. The van der Waals surface area contributed by atoms with Crippen LogP contribution in [0.1, 0.15) is 47.1 Å². The zero-order chi connectivity index (χ0) is 23.9. The third-order valence-corrected chi connectivity index (χ3v) is 7.17. The molecule has 1 atom stereocenters. The lowest BCUT2D eigenvalue weighted by Crippen LogP contribution is -2.48. The molecule has 0 saturated heterocycles. The van der Waals surface area contributed by atoms with Crippen molar-refractivity contribution in [1.82, 2.24) is 9.80 Å². The molecule has 0 saturated carbocycles. The fourth-order valence-corrected chi connectivity index (χ4v) is 5.18. The highest BCUT2D eigenvalue weighted by Crippen LogP contribution is 2.34. The minimum absolute atomic E-state index is 0.0356. The van der Waals surface area contributed by atoms with E-state index in [1.807, 2.05) is 65.6 Å². The number of hydrogen-bond donors (Lipinski definition) is 0. The summed E-state index contributed by atoms with van der Waals surface area (Å²) in [5, 5.41) is 2.09. The second-order valence-corrected chi connectivity index (χ2v) is 10.1. The minimum Gasteiger partial charge on any atom is -0.491 e. The van der Waals surface area contributed by atoms with Crippen LogP contribution in [0.2, 0.25) is 0 Å². The molecule has 0 spiro atoms. The number of ether oxygens (including phenoxy) is 1. The first-order chi connectivity index (χ1) is 16.5. The van der Waals surface area contributed by atoms with E-state index in [9.17, 15) is 9.59 Å². The van der Waals surface area contributed by atoms with Crippen molar-refractivity contribution in [2.24, 2.45) is 5.92 Å². The van der Waals surface area contributed by atoms with Crippen LogP contribution in [0.25, 0.3) is 0 Å². The average molecular weight is 477 g/mol. The van der Waals surface area contributed by atoms with Gasteiger partial charge in [0.25, 0.3) is 5.91 Å². The zero-order valence-corrected chi connectivity index (χ0v) is 20.7. The maximum Gasteiger partial charge on any atom is 0.254 e. The summed E-state index contributed by atoms with van der Waals surface area (Å²) in [7, 11) is 0. The molecule has 0 aliphatic carbocycles. The second-order valence-electron chi connectivity index (χ2n) is 9.05. The standard InChI is InChI=1S/C28H32N2O3S/c1-21(2)13-16-29(28(32)22-9-5-3-6-10-22)19-27(31)30-17-14-26-24(15-18-34-26)25(30)20-33-23-11-7-4-8-12-23/h3-12,15,18,21,25H,13-14,16-17,19-20H2,1-2H3/t25-/m0/s1. The number of carbonyl (C=O) groups excluding carboxylic acids is 2. The Balaban J connectivity index is 1.52. The molecule has 3 aromatic rings. The fraction of sp³-hybridized carbons (Fsp3) is 0.357. The first-order valence-electron chi connectivity index (χ1n) is 11.9. The first-order valence-corrected chi connectivity index (χ1v) is 12.8. The van der Waals surface area contributed by atoms with Gasteiger partial charge in [0.05, 0.1) is 6.04 Å². The van der Waals surface area contributed by atoms with E-state index in [2.05, 4.69) is 25.3 Å². The lowest BCUT2D eigenvalue weighted by atomic mass is 10.00. The maximum absolute atomic E-state index is 13.6. The normalized spacial score (nSPS) is 15.1. The van der Waals surface area contributed by atoms with Crippen LogP contribution >= 0.6 is 11.3 Å². The smallest absolute Gasteiger partial charge is 0.254 e. The van der Waals surface area contributed by atoms with Gasteiger partial charge in [-0.3, -0.25) is 9.59 Å². The number of fused-ring (bicyclic) bond motifs is 1. The van der Waals surface area contributed by atoms with Crippen molar-refractivity contribution in [3.8, 4) is 5.75 Å². The van der Waals surface area contributed by atoms with Crippen LogP contribution in [0.3, 0.4) is 0 Å². The Hall–Kier alpha value is -3.12. The molecule has 2 heterocycles. The Labute approximate surface area is 206 Å². The molecular formula is C28H32N2O3S. The zero-order valence-electron chi connectivity index (χ0n) is 19.9. The van der Waals surface area contributed by atoms with Crippen molar-refractivity contribution in [2.75, 3.05) is 26.2 Å². The second kappa shape index (κ2) is 11.3. The van der Waals surface area contributed by atoms with Crippen molar-refractivity contribution in [3.05, 3.63) is 88.1 Å². The Morgan fingerprint density at radius 1 is 1.06 bits per heavy atom. The summed E-state index contributed by atoms with van der Waals surface area (Å²) in [6.07, 6.45) is 1.68. The van der Waals surface area contributed by atoms with Gasteiger partial charge in [-0.1, -0.05) is 50.2 Å². The van der Waals surface area contributed by atoms with Gasteiger partial charge < -0.3 is 14.5 Å². The van der Waals surface area contributed by atoms with Crippen LogP contribution in [0.15, 0.2) is 72.1 Å². The summed E-state index contributed by atoms with van der Waals surface area (Å²) in [6.45, 7) is 5.91. The molecule has 1 aromatic heterocycles. The van der Waals surface area contributed by atoms with Crippen molar-refractivity contribution < 1.29 is 14.3 Å². The SMILES string of the molecule is CC(C)CCN(CC(=O)N1CCc2sccc2[C@@H]1COc1ccccc1)C(=O)c1ccccc1. The molecule has 4 rings (SSSR count). The predicted molar refractivity (Wildman–Crippen MR) is 136 cm³/mol. The van der Waals surface area contributed by atoms with Crippen LogP contribution < -0.4 is 4.74 Å². The highest BCUT2D eigenvalue weighted by molar-refractivity contribution is 7.10. The number of amides is 2. The van der Waals surface area contributed by atoms with Crippen LogP contribution in [0.5, 0.6) is 5.75 Å². The molecule has 0 fully saturated rings. The molecule has 1 aliphatic rings. The summed E-state index contributed by atoms with van der Waals surface area (Å²) in [5.74, 6) is 1.10. The molecule has 2 aromatic carbocycles. The van der Waals surface area contributed by atoms with Gasteiger partial charge >= 0.3 is 0 Å². The Morgan fingerprint density at radius 2 is 1.76 bits per heavy atom. The van der Waals surface area contributed by atoms with Crippen molar-refractivity contribution in [2.45, 2.75) is 32.7 Å². The van der Waals surface area contributed by atoms with Crippen LogP contribution in [-0.2, 0) is 11.2 Å². The summed E-state index contributed by atoms with van der Waals surface area (Å²) < 4.78 is 6.08. The number of hydrogen-bond acceptors (Lipinski definition) is 4. The number of rotatable bonds is 9. The van der Waals surface area contributed by atoms with E-state index in [-0.39, 0.29) is 24.4 Å². The number of para-hydroxylation sites is 1. The molecule has 178 valence electrons. The van der Waals surface area contributed by atoms with Gasteiger partial charge in [0, 0.05) is 23.5 Å². The average Bonchev–Trinajstić information content (AvgIpc) is 3.35. The highest BCUT2D eigenvalue weighted by Gasteiger charge is 2.33. The summed E-state index contributed by atoms with van der Waals surface area (Å²) in [6, 6.07) is 20.9. The molecular weight excluding hydrogens is 444 g/mol. The van der Waals surface area contributed by atoms with Crippen molar-refractivity contribution in [3.63, 3.8) is 0 Å². The molecule has 0 N–H and O–H groups in total. The van der Waals surface area contributed by atoms with Gasteiger partial charge in [-0.15, -0.1) is 11.3 Å². The van der Waals surface area contributed by atoms with Gasteiger partial charge in [0.15, 0.2) is 0 Å². The van der Waals surface area contributed by atoms with Crippen LogP contribution in [0, 0.1) is 5.92 Å². The van der Waals surface area contributed by atoms with Gasteiger partial charge in [-0.2, -0.15) is 0 Å². The lowest BCUT2D eigenvalue weighted by molar-refractivity contribution is -0.135. The Kier molecular flexibility index (Phi) is 8.01. The molecule has 0 unspecified atom stereocenters. The number of nitrogens with zero attached hydrogens (tertiary/aromatic N) is 2. The fourth-order valence-electron chi connectivity index (χ4n) is 4.25. The van der Waals surface area contributed by atoms with Gasteiger partial charge in [0.1, 0.15) is 18.9 Å². The molecule has 34 heavy (non-hydrogen) atoms. The van der Waals surface area contributed by atoms with E-state index >= 15 is 0 Å². The lowest BCUT2D eigenvalue weighted by Gasteiger charge is -2.37. The Bertz CT molecular complexity index is 1080. The van der Waals surface area contributed by atoms with E-state index in [0.717, 1.165) is 24.2 Å². The molecule has 6 heteroatoms. The molecule has 0 radical (unpaired) electrons. The predicted octanol–water partition coefficient (Wildman–Crippen LogP) is 5.44. The molecule has 5 nitrogen and oxygen atoms in total. The van der Waals surface area contributed by atoms with Gasteiger partial charge in [0.2, 0.25) is 5.91 Å². The van der Waals surface area contributed by atoms with E-state index in [1.165, 1.54) is 4.88 Å². The molecule has 1 aliphatic heterocycles. The Morgan fingerprint density at radius 3 is 2.47 bits per heavy atom. The monoisotopic (exact) mass is 476 g/mol. The van der Waals surface area contributed by atoms with Crippen molar-refractivity contribution >= 4 is 23.2 Å². The van der Waals surface area contributed by atoms with Gasteiger partial charge in [-0.05, 0) is 60.0 Å². The van der Waals surface area contributed by atoms with E-state index in [1.54, 1.807) is 16.2 Å².